The maximum absolute atomic E-state index is 12.1. The largest absolute Gasteiger partial charge is 0.347 e. The molecule has 2 heterocycles. The van der Waals surface area contributed by atoms with Crippen LogP contribution in [0.4, 0.5) is 5.69 Å². The highest BCUT2D eigenvalue weighted by atomic mass is 35.5. The summed E-state index contributed by atoms with van der Waals surface area (Å²) in [5.41, 5.74) is 0.537. The van der Waals surface area contributed by atoms with E-state index in [0.717, 1.165) is 25.9 Å². The zero-order valence-corrected chi connectivity index (χ0v) is 13.6. The Morgan fingerprint density at radius 3 is 2.59 bits per heavy atom. The van der Waals surface area contributed by atoms with Crippen molar-refractivity contribution in [1.82, 2.24) is 4.90 Å². The van der Waals surface area contributed by atoms with Crippen molar-refractivity contribution in [1.29, 1.82) is 0 Å². The van der Waals surface area contributed by atoms with Crippen LogP contribution in [0.5, 0.6) is 0 Å². The normalized spacial score (nSPS) is 21.2. The third kappa shape index (κ3) is 3.73. The van der Waals surface area contributed by atoms with E-state index in [1.54, 1.807) is 18.2 Å². The first kappa shape index (κ1) is 16.0. The minimum absolute atomic E-state index is 0.103. The minimum Gasteiger partial charge on any atom is -0.347 e. The number of carbonyl (C=O) groups excluding carboxylic acids is 1. The Balaban J connectivity index is 1.51. The van der Waals surface area contributed by atoms with Gasteiger partial charge in [0.15, 0.2) is 5.79 Å². The van der Waals surface area contributed by atoms with Crippen molar-refractivity contribution in [2.75, 3.05) is 38.2 Å². The number of hydrogen-bond donors (Lipinski definition) is 1. The number of nitrogens with zero attached hydrogens (tertiary/aromatic N) is 1. The van der Waals surface area contributed by atoms with Gasteiger partial charge in [0.05, 0.1) is 30.5 Å². The number of ether oxygens (including phenoxy) is 2. The van der Waals surface area contributed by atoms with Crippen LogP contribution in [0, 0.1) is 0 Å². The monoisotopic (exact) mass is 344 g/mol. The highest BCUT2D eigenvalue weighted by Crippen LogP contribution is 2.31. The van der Waals surface area contributed by atoms with Crippen molar-refractivity contribution in [2.45, 2.75) is 18.6 Å². The van der Waals surface area contributed by atoms with Gasteiger partial charge in [-0.05, 0) is 18.2 Å². The van der Waals surface area contributed by atoms with Crippen LogP contribution in [0.3, 0.4) is 0 Å². The van der Waals surface area contributed by atoms with Crippen LogP contribution < -0.4 is 5.32 Å². The zero-order valence-electron chi connectivity index (χ0n) is 12.1. The number of halogens is 2. The zero-order chi connectivity index (χ0) is 15.6. The number of rotatable bonds is 3. The van der Waals surface area contributed by atoms with Crippen molar-refractivity contribution in [3.8, 4) is 0 Å². The Labute approximate surface area is 139 Å². The molecule has 0 atom stereocenters. The molecule has 0 aliphatic carbocycles. The smallest absolute Gasteiger partial charge is 0.238 e. The quantitative estimate of drug-likeness (QED) is 0.915. The fourth-order valence-corrected chi connectivity index (χ4v) is 3.16. The molecule has 1 aromatic carbocycles. The maximum Gasteiger partial charge on any atom is 0.238 e. The SMILES string of the molecule is O=C(CN1CCC2(CC1)OCCO2)Nc1cc(Cl)ccc1Cl. The highest BCUT2D eigenvalue weighted by molar-refractivity contribution is 6.35. The number of amides is 1. The number of anilines is 1. The lowest BCUT2D eigenvalue weighted by molar-refractivity contribution is -0.185. The fourth-order valence-electron chi connectivity index (χ4n) is 2.82. The van der Waals surface area contributed by atoms with E-state index < -0.39 is 5.79 Å². The van der Waals surface area contributed by atoms with Crippen LogP contribution in [0.25, 0.3) is 0 Å². The summed E-state index contributed by atoms with van der Waals surface area (Å²) in [4.78, 5) is 14.2. The minimum atomic E-state index is -0.413. The molecule has 2 saturated heterocycles. The number of likely N-dealkylation sites (tertiary alicyclic amines) is 1. The van der Waals surface area contributed by atoms with Crippen LogP contribution in [-0.4, -0.2) is 49.4 Å². The topological polar surface area (TPSA) is 50.8 Å². The third-order valence-corrected chi connectivity index (χ3v) is 4.57. The average Bonchev–Trinajstić information content (AvgIpc) is 2.94. The van der Waals surface area contributed by atoms with Gasteiger partial charge in [-0.1, -0.05) is 23.2 Å². The van der Waals surface area contributed by atoms with E-state index >= 15 is 0 Å². The summed E-state index contributed by atoms with van der Waals surface area (Å²) in [5.74, 6) is -0.517. The maximum atomic E-state index is 12.1. The lowest BCUT2D eigenvalue weighted by Crippen LogP contribution is -2.47. The average molecular weight is 345 g/mol. The fraction of sp³-hybridized carbons (Fsp3) is 0.533. The summed E-state index contributed by atoms with van der Waals surface area (Å²) in [6.07, 6.45) is 1.58. The lowest BCUT2D eigenvalue weighted by atomic mass is 10.0. The summed E-state index contributed by atoms with van der Waals surface area (Å²) in [5, 5.41) is 3.81. The second kappa shape index (κ2) is 6.72. The number of carbonyl (C=O) groups is 1. The standard InChI is InChI=1S/C15H18Cl2N2O3/c16-11-1-2-12(17)13(9-11)18-14(20)10-19-5-3-15(4-6-19)21-7-8-22-15/h1-2,9H,3-8,10H2,(H,18,20). The molecule has 7 heteroatoms. The molecule has 1 N–H and O–H groups in total. The molecular weight excluding hydrogens is 327 g/mol. The van der Waals surface area contributed by atoms with Crippen LogP contribution in [0.1, 0.15) is 12.8 Å². The molecule has 0 bridgehead atoms. The highest BCUT2D eigenvalue weighted by Gasteiger charge is 2.39. The molecule has 1 aromatic rings. The molecule has 2 fully saturated rings. The van der Waals surface area contributed by atoms with E-state index in [0.29, 0.717) is 35.5 Å². The number of nitrogens with one attached hydrogen (secondary N) is 1. The van der Waals surface area contributed by atoms with Gasteiger partial charge in [-0.2, -0.15) is 0 Å². The Morgan fingerprint density at radius 2 is 1.91 bits per heavy atom. The third-order valence-electron chi connectivity index (χ3n) is 4.00. The number of benzene rings is 1. The Hall–Kier alpha value is -0.850. The van der Waals surface area contributed by atoms with Crippen LogP contribution in [0.15, 0.2) is 18.2 Å². The first-order valence-corrected chi connectivity index (χ1v) is 8.07. The van der Waals surface area contributed by atoms with E-state index in [1.807, 2.05) is 0 Å². The second-order valence-electron chi connectivity index (χ2n) is 5.56. The van der Waals surface area contributed by atoms with Gasteiger partial charge in [-0.15, -0.1) is 0 Å². The molecule has 22 heavy (non-hydrogen) atoms. The first-order chi connectivity index (χ1) is 10.6. The molecule has 0 saturated carbocycles. The molecule has 1 spiro atoms. The summed E-state index contributed by atoms with van der Waals surface area (Å²) in [6, 6.07) is 5.00. The lowest BCUT2D eigenvalue weighted by Gasteiger charge is -2.37. The van der Waals surface area contributed by atoms with Gasteiger partial charge in [0.1, 0.15) is 0 Å². The second-order valence-corrected chi connectivity index (χ2v) is 6.40. The molecule has 2 aliphatic rings. The van der Waals surface area contributed by atoms with Gasteiger partial charge < -0.3 is 14.8 Å². The van der Waals surface area contributed by atoms with Gasteiger partial charge in [-0.3, -0.25) is 9.69 Å². The van der Waals surface area contributed by atoms with E-state index in [4.69, 9.17) is 32.7 Å². The molecule has 3 rings (SSSR count). The van der Waals surface area contributed by atoms with Gasteiger partial charge in [0.25, 0.3) is 0 Å². The molecule has 0 radical (unpaired) electrons. The molecular formula is C15H18Cl2N2O3. The Morgan fingerprint density at radius 1 is 1.23 bits per heavy atom. The Bertz CT molecular complexity index is 552. The van der Waals surface area contributed by atoms with Crippen molar-refractivity contribution in [3.05, 3.63) is 28.2 Å². The number of piperidine rings is 1. The molecule has 0 unspecified atom stereocenters. The van der Waals surface area contributed by atoms with E-state index in [2.05, 4.69) is 10.2 Å². The van der Waals surface area contributed by atoms with Gasteiger partial charge in [0, 0.05) is 31.0 Å². The number of hydrogen-bond acceptors (Lipinski definition) is 4. The molecule has 120 valence electrons. The predicted octanol–water partition coefficient (Wildman–Crippen LogP) is 2.77. The van der Waals surface area contributed by atoms with Crippen molar-refractivity contribution >= 4 is 34.8 Å². The van der Waals surface area contributed by atoms with E-state index in [-0.39, 0.29) is 5.91 Å². The molecule has 2 aliphatic heterocycles. The van der Waals surface area contributed by atoms with Crippen molar-refractivity contribution in [3.63, 3.8) is 0 Å². The molecule has 5 nitrogen and oxygen atoms in total. The molecule has 0 aromatic heterocycles. The van der Waals surface area contributed by atoms with Gasteiger partial charge in [0.2, 0.25) is 5.91 Å². The van der Waals surface area contributed by atoms with Crippen molar-refractivity contribution < 1.29 is 14.3 Å². The van der Waals surface area contributed by atoms with Gasteiger partial charge >= 0.3 is 0 Å². The summed E-state index contributed by atoms with van der Waals surface area (Å²) in [6.45, 7) is 3.19. The Kier molecular flexibility index (Phi) is 4.90. The predicted molar refractivity (Wildman–Crippen MR) is 85.4 cm³/mol. The van der Waals surface area contributed by atoms with Crippen LogP contribution in [-0.2, 0) is 14.3 Å². The summed E-state index contributed by atoms with van der Waals surface area (Å²) < 4.78 is 11.4. The van der Waals surface area contributed by atoms with Gasteiger partial charge in [-0.25, -0.2) is 0 Å². The first-order valence-electron chi connectivity index (χ1n) is 7.32. The van der Waals surface area contributed by atoms with E-state index in [1.165, 1.54) is 0 Å². The summed E-state index contributed by atoms with van der Waals surface area (Å²) in [7, 11) is 0. The van der Waals surface area contributed by atoms with E-state index in [9.17, 15) is 4.79 Å². The summed E-state index contributed by atoms with van der Waals surface area (Å²) >= 11 is 12.0. The molecule has 1 amide bonds. The van der Waals surface area contributed by atoms with Crippen LogP contribution in [0.2, 0.25) is 10.0 Å². The van der Waals surface area contributed by atoms with Crippen molar-refractivity contribution in [2.24, 2.45) is 0 Å². The van der Waals surface area contributed by atoms with Crippen LogP contribution >= 0.6 is 23.2 Å².